The minimum atomic E-state index is -4.62. The van der Waals surface area contributed by atoms with E-state index in [2.05, 4.69) is 0 Å². The number of nitrogens with two attached hydrogens (primary N) is 1. The Morgan fingerprint density at radius 3 is 2.37 bits per heavy atom. The van der Waals surface area contributed by atoms with Crippen molar-refractivity contribution in [2.45, 2.75) is 31.4 Å². The van der Waals surface area contributed by atoms with Crippen molar-refractivity contribution in [3.63, 3.8) is 0 Å². The van der Waals surface area contributed by atoms with Crippen LogP contribution in [0.1, 0.15) is 36.3 Å². The molecule has 0 aromatic heterocycles. The van der Waals surface area contributed by atoms with Crippen molar-refractivity contribution in [2.75, 3.05) is 4.90 Å². The van der Waals surface area contributed by atoms with Crippen LogP contribution in [0.2, 0.25) is 0 Å². The number of hydrogen-bond acceptors (Lipinski definition) is 4. The number of alkyl halides is 3. The summed E-state index contributed by atoms with van der Waals surface area (Å²) < 4.78 is 41.3. The van der Waals surface area contributed by atoms with Gasteiger partial charge in [0.25, 0.3) is 0 Å². The topological polar surface area (TPSA) is 70.1 Å². The molecule has 7 heteroatoms. The number of carbonyl (C=O) groups is 1. The zero-order valence-electron chi connectivity index (χ0n) is 15.9. The molecule has 1 atom stereocenters. The lowest BCUT2D eigenvalue weighted by Crippen LogP contribution is -2.39. The van der Waals surface area contributed by atoms with Crippen LogP contribution in [-0.4, -0.2) is 5.78 Å². The van der Waals surface area contributed by atoms with Crippen LogP contribution < -0.4 is 10.6 Å². The number of allylic oxidation sites excluding steroid dienone is 3. The molecule has 0 spiro atoms. The van der Waals surface area contributed by atoms with Crippen molar-refractivity contribution in [2.24, 2.45) is 5.73 Å². The van der Waals surface area contributed by atoms with Gasteiger partial charge in [-0.3, -0.25) is 9.69 Å². The van der Waals surface area contributed by atoms with E-state index >= 15 is 0 Å². The van der Waals surface area contributed by atoms with Crippen molar-refractivity contribution in [3.05, 3.63) is 88.4 Å². The molecule has 2 aromatic carbocycles. The fraction of sp³-hybridized carbons (Fsp3) is 0.217. The van der Waals surface area contributed by atoms with Crippen molar-refractivity contribution < 1.29 is 18.0 Å². The van der Waals surface area contributed by atoms with E-state index in [1.807, 2.05) is 12.1 Å². The predicted molar refractivity (Wildman–Crippen MR) is 106 cm³/mol. The second-order valence-electron chi connectivity index (χ2n) is 7.24. The lowest BCUT2D eigenvalue weighted by molar-refractivity contribution is -0.138. The summed E-state index contributed by atoms with van der Waals surface area (Å²) in [6, 6.07) is 16.0. The largest absolute Gasteiger partial charge is 0.416 e. The molecule has 1 aliphatic carbocycles. The van der Waals surface area contributed by atoms with Crippen LogP contribution in [0.3, 0.4) is 0 Å². The maximum atomic E-state index is 13.8. The van der Waals surface area contributed by atoms with Gasteiger partial charge in [0.2, 0.25) is 0 Å². The minimum absolute atomic E-state index is 0.0513. The molecule has 0 saturated heterocycles. The highest BCUT2D eigenvalue weighted by molar-refractivity contribution is 6.01. The molecular formula is C23H18F3N3O. The van der Waals surface area contributed by atoms with Crippen molar-refractivity contribution in [1.82, 2.24) is 0 Å². The number of halogens is 3. The molecule has 1 unspecified atom stereocenters. The summed E-state index contributed by atoms with van der Waals surface area (Å²) in [7, 11) is 0. The first kappa shape index (κ1) is 19.8. The van der Waals surface area contributed by atoms with Crippen LogP contribution in [-0.2, 0) is 11.0 Å². The molecular weight excluding hydrogens is 391 g/mol. The number of Topliss-reactive ketones (excluding diaryl/α,β-unsaturated/α-hetero) is 1. The molecule has 152 valence electrons. The Kier molecular flexibility index (Phi) is 4.86. The average molecular weight is 409 g/mol. The Morgan fingerprint density at radius 2 is 1.70 bits per heavy atom. The van der Waals surface area contributed by atoms with Gasteiger partial charge in [0.1, 0.15) is 5.82 Å². The maximum absolute atomic E-state index is 13.8. The van der Waals surface area contributed by atoms with Gasteiger partial charge < -0.3 is 5.73 Å². The molecule has 2 N–H and O–H groups in total. The van der Waals surface area contributed by atoms with E-state index < -0.39 is 17.7 Å². The molecule has 0 amide bonds. The first-order chi connectivity index (χ1) is 14.3. The van der Waals surface area contributed by atoms with E-state index in [4.69, 9.17) is 5.73 Å². The van der Waals surface area contributed by atoms with Crippen molar-refractivity contribution >= 4 is 11.5 Å². The smallest absolute Gasteiger partial charge is 0.384 e. The first-order valence-electron chi connectivity index (χ1n) is 9.52. The van der Waals surface area contributed by atoms with E-state index in [1.54, 1.807) is 29.2 Å². The summed E-state index contributed by atoms with van der Waals surface area (Å²) in [6.07, 6.45) is -3.34. The van der Waals surface area contributed by atoms with Gasteiger partial charge in [0.05, 0.1) is 23.1 Å². The van der Waals surface area contributed by atoms with Gasteiger partial charge in [-0.05, 0) is 36.6 Å². The number of nitriles is 1. The fourth-order valence-electron chi connectivity index (χ4n) is 4.28. The van der Waals surface area contributed by atoms with Gasteiger partial charge in [-0.1, -0.05) is 36.4 Å². The highest BCUT2D eigenvalue weighted by Crippen LogP contribution is 2.48. The molecule has 4 rings (SSSR count). The summed E-state index contributed by atoms with van der Waals surface area (Å²) in [5.41, 5.74) is 6.77. The molecule has 0 saturated carbocycles. The van der Waals surface area contributed by atoms with Crippen LogP contribution >= 0.6 is 0 Å². The van der Waals surface area contributed by atoms with Gasteiger partial charge >= 0.3 is 6.18 Å². The number of anilines is 1. The Hall–Kier alpha value is -3.53. The summed E-state index contributed by atoms with van der Waals surface area (Å²) in [6.45, 7) is 0. The first-order valence-corrected chi connectivity index (χ1v) is 9.52. The Labute approximate surface area is 171 Å². The molecule has 0 fully saturated rings. The molecule has 4 nitrogen and oxygen atoms in total. The second-order valence-corrected chi connectivity index (χ2v) is 7.24. The fourth-order valence-corrected chi connectivity index (χ4v) is 4.28. The number of nitrogens with zero attached hydrogens (tertiary/aromatic N) is 2. The normalized spacial score (nSPS) is 19.6. The highest BCUT2D eigenvalue weighted by Gasteiger charge is 2.44. The Bertz CT molecular complexity index is 1110. The summed E-state index contributed by atoms with van der Waals surface area (Å²) in [5, 5.41) is 9.90. The Balaban J connectivity index is 2.02. The number of carbonyl (C=O) groups excluding carboxylic acids is 1. The van der Waals surface area contributed by atoms with E-state index in [0.717, 1.165) is 6.07 Å². The zero-order chi connectivity index (χ0) is 21.5. The highest BCUT2D eigenvalue weighted by atomic mass is 19.4. The summed E-state index contributed by atoms with van der Waals surface area (Å²) >= 11 is 0. The number of hydrogen-bond donors (Lipinski definition) is 1. The third-order valence-electron chi connectivity index (χ3n) is 5.50. The van der Waals surface area contributed by atoms with E-state index in [9.17, 15) is 23.2 Å². The van der Waals surface area contributed by atoms with Crippen LogP contribution in [0.25, 0.3) is 0 Å². The lowest BCUT2D eigenvalue weighted by Gasteiger charge is -2.40. The van der Waals surface area contributed by atoms with E-state index in [-0.39, 0.29) is 34.7 Å². The maximum Gasteiger partial charge on any atom is 0.416 e. The number of rotatable bonds is 2. The van der Waals surface area contributed by atoms with Crippen LogP contribution in [0, 0.1) is 11.3 Å². The minimum Gasteiger partial charge on any atom is -0.384 e. The Morgan fingerprint density at radius 1 is 1.03 bits per heavy atom. The molecule has 0 radical (unpaired) electrons. The standard InChI is InChI=1S/C23H18F3N3O/c24-23(25,26)17-10-5-4-9-15(17)20-16(13-27)22(28)29(14-7-2-1-3-8-14)18-11-6-12-19(30)21(18)20/h1-5,7-10,20H,6,11-12,28H2. The molecule has 1 heterocycles. The van der Waals surface area contributed by atoms with Crippen LogP contribution in [0.5, 0.6) is 0 Å². The number of benzene rings is 2. The van der Waals surface area contributed by atoms with E-state index in [1.165, 1.54) is 18.2 Å². The van der Waals surface area contributed by atoms with Crippen molar-refractivity contribution in [1.29, 1.82) is 5.26 Å². The number of para-hydroxylation sites is 1. The van der Waals surface area contributed by atoms with Crippen molar-refractivity contribution in [3.8, 4) is 6.07 Å². The average Bonchev–Trinajstić information content (AvgIpc) is 2.73. The molecule has 2 aromatic rings. The van der Waals surface area contributed by atoms with Crippen LogP contribution in [0.15, 0.2) is 77.3 Å². The SMILES string of the molecule is N#CC1=C(N)N(c2ccccc2)C2=C(C(=O)CCC2)C1c1ccccc1C(F)(F)F. The van der Waals surface area contributed by atoms with E-state index in [0.29, 0.717) is 24.2 Å². The molecule has 2 aliphatic rings. The van der Waals surface area contributed by atoms with Gasteiger partial charge in [-0.15, -0.1) is 0 Å². The summed E-state index contributed by atoms with van der Waals surface area (Å²) in [5.74, 6) is -1.34. The van der Waals surface area contributed by atoms with Gasteiger partial charge in [-0.25, -0.2) is 0 Å². The zero-order valence-corrected chi connectivity index (χ0v) is 15.9. The quantitative estimate of drug-likeness (QED) is 0.757. The third-order valence-corrected chi connectivity index (χ3v) is 5.50. The lowest BCUT2D eigenvalue weighted by atomic mass is 9.74. The predicted octanol–water partition coefficient (Wildman–Crippen LogP) is 5.01. The second kappa shape index (κ2) is 7.38. The molecule has 30 heavy (non-hydrogen) atoms. The van der Waals surface area contributed by atoms with Gasteiger partial charge in [0, 0.05) is 23.4 Å². The van der Waals surface area contributed by atoms with Gasteiger partial charge in [-0.2, -0.15) is 18.4 Å². The monoisotopic (exact) mass is 409 g/mol. The molecule has 1 aliphatic heterocycles. The molecule has 0 bridgehead atoms. The van der Waals surface area contributed by atoms with Gasteiger partial charge in [0.15, 0.2) is 5.78 Å². The van der Waals surface area contributed by atoms with Crippen LogP contribution in [0.4, 0.5) is 18.9 Å². The summed E-state index contributed by atoms with van der Waals surface area (Å²) in [4.78, 5) is 14.6. The third kappa shape index (κ3) is 3.14. The number of ketones is 1.